The molecule has 2 unspecified atom stereocenters. The molecule has 0 aromatic carbocycles. The van der Waals surface area contributed by atoms with Crippen LogP contribution < -0.4 is 0 Å². The van der Waals surface area contributed by atoms with E-state index in [1.165, 1.54) is 0 Å². The van der Waals surface area contributed by atoms with Crippen LogP contribution in [-0.2, 0) is 9.53 Å². The number of hydrogen-bond acceptors (Lipinski definition) is 4. The lowest BCUT2D eigenvalue weighted by Gasteiger charge is -2.38. The Kier molecular flexibility index (Phi) is 4.41. The molecule has 0 radical (unpaired) electrons. The maximum absolute atomic E-state index is 12.4. The van der Waals surface area contributed by atoms with Gasteiger partial charge in [-0.1, -0.05) is 20.3 Å². The average molecular weight is 255 g/mol. The molecule has 2 rings (SSSR count). The maximum Gasteiger partial charge on any atom is 0.142 e. The van der Waals surface area contributed by atoms with Crippen molar-refractivity contribution in [3.63, 3.8) is 0 Å². The third kappa shape index (κ3) is 3.11. The van der Waals surface area contributed by atoms with Gasteiger partial charge in [-0.15, -0.1) is 0 Å². The summed E-state index contributed by atoms with van der Waals surface area (Å²) in [6.45, 7) is 7.33. The van der Waals surface area contributed by atoms with Crippen molar-refractivity contribution >= 4 is 5.78 Å². The van der Waals surface area contributed by atoms with Crippen LogP contribution in [0.4, 0.5) is 0 Å². The number of ketones is 1. The summed E-state index contributed by atoms with van der Waals surface area (Å²) in [7, 11) is 0. The molecular weight excluding hydrogens is 230 g/mol. The van der Waals surface area contributed by atoms with E-state index in [0.717, 1.165) is 38.9 Å². The zero-order valence-electron chi connectivity index (χ0n) is 11.5. The first kappa shape index (κ1) is 14.0. The summed E-state index contributed by atoms with van der Waals surface area (Å²) in [5.74, 6) is 0.590. The summed E-state index contributed by atoms with van der Waals surface area (Å²) < 4.78 is 5.44. The minimum atomic E-state index is -0.147. The minimum absolute atomic E-state index is 0.0700. The van der Waals surface area contributed by atoms with Crippen LogP contribution in [-0.4, -0.2) is 54.7 Å². The highest BCUT2D eigenvalue weighted by atomic mass is 16.5. The second kappa shape index (κ2) is 5.68. The first-order valence-corrected chi connectivity index (χ1v) is 7.02. The van der Waals surface area contributed by atoms with E-state index >= 15 is 0 Å². The molecule has 1 aliphatic heterocycles. The third-order valence-corrected chi connectivity index (χ3v) is 4.30. The number of ether oxygens (including phenoxy) is 1. The molecule has 4 nitrogen and oxygen atoms in total. The van der Waals surface area contributed by atoms with Crippen LogP contribution in [0.15, 0.2) is 0 Å². The number of rotatable bonds is 3. The van der Waals surface area contributed by atoms with Gasteiger partial charge >= 0.3 is 0 Å². The molecule has 2 atom stereocenters. The number of aliphatic hydroxyl groups excluding tert-OH is 1. The fourth-order valence-corrected chi connectivity index (χ4v) is 3.14. The van der Waals surface area contributed by atoms with Crippen LogP contribution in [0, 0.1) is 11.3 Å². The third-order valence-electron chi connectivity index (χ3n) is 4.30. The van der Waals surface area contributed by atoms with Gasteiger partial charge in [-0.25, -0.2) is 0 Å². The van der Waals surface area contributed by atoms with Crippen molar-refractivity contribution in [1.82, 2.24) is 4.90 Å². The van der Waals surface area contributed by atoms with E-state index in [1.54, 1.807) is 0 Å². The summed E-state index contributed by atoms with van der Waals surface area (Å²) in [5.41, 5.74) is -0.147. The topological polar surface area (TPSA) is 49.8 Å². The zero-order chi connectivity index (χ0) is 13.2. The lowest BCUT2D eigenvalue weighted by atomic mass is 9.71. The SMILES string of the molecule is CC1(C)CCCC(CN2CCOC(CO)C2)C1=O. The van der Waals surface area contributed by atoms with Gasteiger partial charge in [0.25, 0.3) is 0 Å². The van der Waals surface area contributed by atoms with E-state index in [1.807, 2.05) is 0 Å². The van der Waals surface area contributed by atoms with E-state index in [0.29, 0.717) is 12.4 Å². The highest BCUT2D eigenvalue weighted by Crippen LogP contribution is 2.35. The fourth-order valence-electron chi connectivity index (χ4n) is 3.14. The Morgan fingerprint density at radius 2 is 2.28 bits per heavy atom. The van der Waals surface area contributed by atoms with E-state index in [4.69, 9.17) is 9.84 Å². The number of carbonyl (C=O) groups is 1. The van der Waals surface area contributed by atoms with Crippen molar-refractivity contribution in [2.24, 2.45) is 11.3 Å². The number of morpholine rings is 1. The van der Waals surface area contributed by atoms with E-state index < -0.39 is 0 Å². The molecular formula is C14H25NO3. The highest BCUT2D eigenvalue weighted by Gasteiger charge is 2.38. The molecule has 1 heterocycles. The second-order valence-electron chi connectivity index (χ2n) is 6.27. The molecule has 1 N–H and O–H groups in total. The zero-order valence-corrected chi connectivity index (χ0v) is 11.5. The highest BCUT2D eigenvalue weighted by molar-refractivity contribution is 5.87. The van der Waals surface area contributed by atoms with Crippen molar-refractivity contribution in [3.8, 4) is 0 Å². The molecule has 0 amide bonds. The van der Waals surface area contributed by atoms with Crippen LogP contribution in [0.3, 0.4) is 0 Å². The summed E-state index contributed by atoms with van der Waals surface area (Å²) in [4.78, 5) is 14.6. The van der Waals surface area contributed by atoms with Gasteiger partial charge in [0, 0.05) is 31.0 Å². The number of Topliss-reactive ketones (excluding diaryl/α,β-unsaturated/α-hetero) is 1. The average Bonchev–Trinajstić information content (AvgIpc) is 2.35. The maximum atomic E-state index is 12.4. The molecule has 1 saturated carbocycles. The van der Waals surface area contributed by atoms with E-state index in [-0.39, 0.29) is 24.0 Å². The summed E-state index contributed by atoms with van der Waals surface area (Å²) in [6, 6.07) is 0. The van der Waals surface area contributed by atoms with Crippen LogP contribution in [0.2, 0.25) is 0 Å². The van der Waals surface area contributed by atoms with Crippen LogP contribution >= 0.6 is 0 Å². The Balaban J connectivity index is 1.90. The largest absolute Gasteiger partial charge is 0.394 e. The van der Waals surface area contributed by atoms with Gasteiger partial charge in [-0.2, -0.15) is 0 Å². The normalized spacial score (nSPS) is 33.6. The smallest absolute Gasteiger partial charge is 0.142 e. The Bertz CT molecular complexity index is 303. The number of carbonyl (C=O) groups excluding carboxylic acids is 1. The summed E-state index contributed by atoms with van der Waals surface area (Å²) >= 11 is 0. The van der Waals surface area contributed by atoms with Crippen molar-refractivity contribution in [3.05, 3.63) is 0 Å². The van der Waals surface area contributed by atoms with Gasteiger partial charge in [0.1, 0.15) is 5.78 Å². The second-order valence-corrected chi connectivity index (χ2v) is 6.27. The molecule has 1 aliphatic carbocycles. The number of nitrogens with zero attached hydrogens (tertiary/aromatic N) is 1. The molecule has 0 aromatic heterocycles. The molecule has 0 spiro atoms. The molecule has 0 aromatic rings. The van der Waals surface area contributed by atoms with Gasteiger partial charge < -0.3 is 9.84 Å². The molecule has 4 heteroatoms. The Morgan fingerprint density at radius 3 is 3.00 bits per heavy atom. The number of aliphatic hydroxyl groups is 1. The van der Waals surface area contributed by atoms with Gasteiger partial charge in [0.15, 0.2) is 0 Å². The lowest BCUT2D eigenvalue weighted by Crippen LogP contribution is -2.48. The van der Waals surface area contributed by atoms with Gasteiger partial charge in [-0.3, -0.25) is 9.69 Å². The summed E-state index contributed by atoms with van der Waals surface area (Å²) in [5, 5.41) is 9.13. The summed E-state index contributed by atoms with van der Waals surface area (Å²) in [6.07, 6.45) is 3.11. The van der Waals surface area contributed by atoms with Gasteiger partial charge in [-0.05, 0) is 12.8 Å². The van der Waals surface area contributed by atoms with Crippen molar-refractivity contribution in [1.29, 1.82) is 0 Å². The van der Waals surface area contributed by atoms with Crippen molar-refractivity contribution in [2.45, 2.75) is 39.2 Å². The lowest BCUT2D eigenvalue weighted by molar-refractivity contribution is -0.136. The molecule has 104 valence electrons. The monoisotopic (exact) mass is 255 g/mol. The van der Waals surface area contributed by atoms with Gasteiger partial charge in [0.2, 0.25) is 0 Å². The molecule has 2 aliphatic rings. The quantitative estimate of drug-likeness (QED) is 0.819. The predicted molar refractivity (Wildman–Crippen MR) is 69.4 cm³/mol. The van der Waals surface area contributed by atoms with E-state index in [2.05, 4.69) is 18.7 Å². The Morgan fingerprint density at radius 1 is 1.50 bits per heavy atom. The Labute approximate surface area is 109 Å². The van der Waals surface area contributed by atoms with Crippen molar-refractivity contribution < 1.29 is 14.6 Å². The molecule has 0 bridgehead atoms. The van der Waals surface area contributed by atoms with Crippen LogP contribution in [0.1, 0.15) is 33.1 Å². The number of hydrogen-bond donors (Lipinski definition) is 1. The standard InChI is InChI=1S/C14H25NO3/c1-14(2)5-3-4-11(13(14)17)8-15-6-7-18-12(9-15)10-16/h11-12,16H,3-10H2,1-2H3. The molecule has 18 heavy (non-hydrogen) atoms. The molecule has 2 fully saturated rings. The fraction of sp³-hybridized carbons (Fsp3) is 0.929. The first-order valence-electron chi connectivity index (χ1n) is 7.02. The van der Waals surface area contributed by atoms with Crippen LogP contribution in [0.25, 0.3) is 0 Å². The van der Waals surface area contributed by atoms with Gasteiger partial charge in [0.05, 0.1) is 19.3 Å². The van der Waals surface area contributed by atoms with Crippen molar-refractivity contribution in [2.75, 3.05) is 32.8 Å². The van der Waals surface area contributed by atoms with E-state index in [9.17, 15) is 4.79 Å². The first-order chi connectivity index (χ1) is 8.53. The molecule has 1 saturated heterocycles. The minimum Gasteiger partial charge on any atom is -0.394 e. The Hall–Kier alpha value is -0.450. The predicted octanol–water partition coefficient (Wildman–Crippen LogP) is 1.07. The van der Waals surface area contributed by atoms with Crippen LogP contribution in [0.5, 0.6) is 0 Å².